The number of thioether (sulfide) groups is 1. The monoisotopic (exact) mass is 174 g/mol. The Kier molecular flexibility index (Phi) is 2.76. The van der Waals surface area contributed by atoms with Crippen molar-refractivity contribution in [3.63, 3.8) is 0 Å². The Morgan fingerprint density at radius 1 is 2.00 bits per heavy atom. The molecule has 4 nitrogen and oxygen atoms in total. The molecule has 0 aromatic heterocycles. The molecule has 1 atom stereocenters. The maximum absolute atomic E-state index is 11.0. The van der Waals surface area contributed by atoms with Crippen LogP contribution < -0.4 is 5.73 Å². The molecule has 0 amide bonds. The van der Waals surface area contributed by atoms with Gasteiger partial charge in [-0.2, -0.15) is 0 Å². The van der Waals surface area contributed by atoms with Crippen LogP contribution in [0.15, 0.2) is 4.99 Å². The van der Waals surface area contributed by atoms with Crippen molar-refractivity contribution < 1.29 is 9.53 Å². The lowest BCUT2D eigenvalue weighted by molar-refractivity contribution is -0.143. The third kappa shape index (κ3) is 2.11. The van der Waals surface area contributed by atoms with Crippen molar-refractivity contribution >= 4 is 22.9 Å². The van der Waals surface area contributed by atoms with Crippen molar-refractivity contribution in [2.75, 3.05) is 12.4 Å². The first-order valence-corrected chi connectivity index (χ1v) is 4.35. The molecule has 0 saturated heterocycles. The Hall–Kier alpha value is -0.710. The molecule has 0 bridgehead atoms. The smallest absolute Gasteiger partial charge is 0.331 e. The fraction of sp³-hybridized carbons (Fsp3) is 0.667. The minimum Gasteiger partial charge on any atom is -0.464 e. The lowest BCUT2D eigenvalue weighted by Crippen LogP contribution is -2.21. The molecular formula is C6H10N2O2S. The van der Waals surface area contributed by atoms with Crippen LogP contribution in [0.1, 0.15) is 6.92 Å². The number of hydrogen-bond donors (Lipinski definition) is 1. The molecular weight excluding hydrogens is 164 g/mol. The van der Waals surface area contributed by atoms with Crippen molar-refractivity contribution in [2.24, 2.45) is 10.7 Å². The zero-order chi connectivity index (χ0) is 8.27. The fourth-order valence-electron chi connectivity index (χ4n) is 0.752. The van der Waals surface area contributed by atoms with Crippen LogP contribution in [0.5, 0.6) is 0 Å². The molecule has 0 radical (unpaired) electrons. The lowest BCUT2D eigenvalue weighted by atomic mass is 10.4. The highest BCUT2D eigenvalue weighted by atomic mass is 32.2. The number of rotatable bonds is 2. The molecule has 0 saturated carbocycles. The molecule has 62 valence electrons. The lowest BCUT2D eigenvalue weighted by Gasteiger charge is -2.03. The third-order valence-electron chi connectivity index (χ3n) is 1.23. The van der Waals surface area contributed by atoms with Gasteiger partial charge in [-0.25, -0.2) is 9.79 Å². The van der Waals surface area contributed by atoms with Crippen LogP contribution in [-0.4, -0.2) is 29.5 Å². The zero-order valence-corrected chi connectivity index (χ0v) is 7.06. The van der Waals surface area contributed by atoms with E-state index in [1.54, 1.807) is 6.92 Å². The first-order chi connectivity index (χ1) is 5.24. The van der Waals surface area contributed by atoms with E-state index in [9.17, 15) is 4.79 Å². The van der Waals surface area contributed by atoms with Gasteiger partial charge < -0.3 is 10.5 Å². The second-order valence-electron chi connectivity index (χ2n) is 2.05. The molecule has 0 unspecified atom stereocenters. The summed E-state index contributed by atoms with van der Waals surface area (Å²) >= 11 is 1.39. The van der Waals surface area contributed by atoms with Gasteiger partial charge in [-0.05, 0) is 6.92 Å². The van der Waals surface area contributed by atoms with E-state index in [-0.39, 0.29) is 12.0 Å². The quantitative estimate of drug-likeness (QED) is 0.597. The number of carbonyl (C=O) groups excluding carboxylic acids is 1. The predicted octanol–water partition coefficient (Wildman–Crippen LogP) is -0.0204. The van der Waals surface area contributed by atoms with Gasteiger partial charge in [0, 0.05) is 5.75 Å². The molecule has 0 aromatic rings. The predicted molar refractivity (Wildman–Crippen MR) is 44.5 cm³/mol. The van der Waals surface area contributed by atoms with Gasteiger partial charge in [-0.3, -0.25) is 0 Å². The van der Waals surface area contributed by atoms with Gasteiger partial charge in [-0.15, -0.1) is 0 Å². The number of hydrogen-bond acceptors (Lipinski definition) is 5. The Labute approximate surface area is 69.2 Å². The highest BCUT2D eigenvalue weighted by Gasteiger charge is 2.24. The largest absolute Gasteiger partial charge is 0.464 e. The van der Waals surface area contributed by atoms with Gasteiger partial charge in [0.2, 0.25) is 0 Å². The van der Waals surface area contributed by atoms with Crippen molar-refractivity contribution in [1.29, 1.82) is 0 Å². The maximum Gasteiger partial charge on any atom is 0.331 e. The summed E-state index contributed by atoms with van der Waals surface area (Å²) < 4.78 is 4.76. The van der Waals surface area contributed by atoms with E-state index in [1.807, 2.05) is 0 Å². The minimum absolute atomic E-state index is 0.277. The molecule has 0 fully saturated rings. The average Bonchev–Trinajstić information content (AvgIpc) is 2.36. The summed E-state index contributed by atoms with van der Waals surface area (Å²) in [5.41, 5.74) is 5.36. The summed E-state index contributed by atoms with van der Waals surface area (Å²) in [7, 11) is 0. The molecule has 1 aliphatic rings. The zero-order valence-electron chi connectivity index (χ0n) is 6.24. The second-order valence-corrected chi connectivity index (χ2v) is 3.09. The van der Waals surface area contributed by atoms with Gasteiger partial charge in [0.1, 0.15) is 0 Å². The molecule has 2 N–H and O–H groups in total. The average molecular weight is 174 g/mol. The molecule has 0 aliphatic carbocycles. The summed E-state index contributed by atoms with van der Waals surface area (Å²) in [5, 5.41) is 0.475. The van der Waals surface area contributed by atoms with Crippen LogP contribution in [0.4, 0.5) is 0 Å². The van der Waals surface area contributed by atoms with Crippen molar-refractivity contribution in [3.05, 3.63) is 0 Å². The molecule has 11 heavy (non-hydrogen) atoms. The topological polar surface area (TPSA) is 64.7 Å². The highest BCUT2D eigenvalue weighted by Crippen LogP contribution is 2.15. The maximum atomic E-state index is 11.0. The summed E-state index contributed by atoms with van der Waals surface area (Å²) in [5.74, 6) is 0.338. The standard InChI is InChI=1S/C6H10N2O2S/c1-2-10-5(9)4-3-11-6(7)8-4/h4H,2-3H2,1H3,(H2,7,8)/t4-/m1/s1. The Morgan fingerprint density at radius 2 is 2.73 bits per heavy atom. The first kappa shape index (κ1) is 8.39. The van der Waals surface area contributed by atoms with Crippen LogP contribution in [0.25, 0.3) is 0 Å². The van der Waals surface area contributed by atoms with Crippen LogP contribution in [0.2, 0.25) is 0 Å². The van der Waals surface area contributed by atoms with Gasteiger partial charge in [0.05, 0.1) is 6.61 Å². The number of ether oxygens (including phenoxy) is 1. The van der Waals surface area contributed by atoms with Crippen LogP contribution in [-0.2, 0) is 9.53 Å². The van der Waals surface area contributed by atoms with E-state index in [0.29, 0.717) is 17.5 Å². The summed E-state index contributed by atoms with van der Waals surface area (Å²) in [6.07, 6.45) is 0. The summed E-state index contributed by atoms with van der Waals surface area (Å²) in [4.78, 5) is 14.9. The van der Waals surface area contributed by atoms with Crippen molar-refractivity contribution in [1.82, 2.24) is 0 Å². The third-order valence-corrected chi connectivity index (χ3v) is 2.11. The number of esters is 1. The normalized spacial score (nSPS) is 23.0. The van der Waals surface area contributed by atoms with Gasteiger partial charge in [0.25, 0.3) is 0 Å². The number of nitrogens with zero attached hydrogens (tertiary/aromatic N) is 1. The van der Waals surface area contributed by atoms with Crippen LogP contribution in [0.3, 0.4) is 0 Å². The van der Waals surface area contributed by atoms with Crippen molar-refractivity contribution in [3.8, 4) is 0 Å². The summed E-state index contributed by atoms with van der Waals surface area (Å²) in [6, 6.07) is -0.375. The van der Waals surface area contributed by atoms with E-state index in [4.69, 9.17) is 10.5 Å². The van der Waals surface area contributed by atoms with Crippen molar-refractivity contribution in [2.45, 2.75) is 13.0 Å². The highest BCUT2D eigenvalue weighted by molar-refractivity contribution is 8.14. The number of aliphatic imine (C=N–C) groups is 1. The van der Waals surface area contributed by atoms with Gasteiger partial charge >= 0.3 is 5.97 Å². The van der Waals surface area contributed by atoms with Gasteiger partial charge in [-0.1, -0.05) is 11.8 Å². The molecule has 1 rings (SSSR count). The second kappa shape index (κ2) is 3.61. The summed E-state index contributed by atoms with van der Waals surface area (Å²) in [6.45, 7) is 2.17. The molecule has 1 heterocycles. The Bertz CT molecular complexity index is 193. The van der Waals surface area contributed by atoms with E-state index >= 15 is 0 Å². The Balaban J connectivity index is 2.43. The number of nitrogens with two attached hydrogens (primary N) is 1. The SMILES string of the molecule is CCOC(=O)[C@H]1CSC(N)=N1. The first-order valence-electron chi connectivity index (χ1n) is 3.36. The molecule has 5 heteroatoms. The fourth-order valence-corrected chi connectivity index (χ4v) is 1.49. The van der Waals surface area contributed by atoms with Crippen LogP contribution in [0, 0.1) is 0 Å². The number of carbonyl (C=O) groups is 1. The van der Waals surface area contributed by atoms with E-state index < -0.39 is 0 Å². The molecule has 0 spiro atoms. The van der Waals surface area contributed by atoms with E-state index in [1.165, 1.54) is 11.8 Å². The minimum atomic E-state index is -0.375. The van der Waals surface area contributed by atoms with E-state index in [2.05, 4.69) is 4.99 Å². The van der Waals surface area contributed by atoms with E-state index in [0.717, 1.165) is 0 Å². The molecule has 1 aliphatic heterocycles. The Morgan fingerprint density at radius 3 is 3.18 bits per heavy atom. The van der Waals surface area contributed by atoms with Crippen LogP contribution >= 0.6 is 11.8 Å². The number of amidine groups is 1. The van der Waals surface area contributed by atoms with Gasteiger partial charge in [0.15, 0.2) is 11.2 Å². The molecule has 0 aromatic carbocycles.